The summed E-state index contributed by atoms with van der Waals surface area (Å²) in [4.78, 5) is 24.3. The van der Waals surface area contributed by atoms with Crippen molar-refractivity contribution in [2.45, 2.75) is 38.3 Å². The predicted molar refractivity (Wildman–Crippen MR) is 130 cm³/mol. The SMILES string of the molecule is CNC(=O)O[C@@H]1CCCN(c2nc(-c3ccccc3O)nc3cc(C)ccc23)[C@H]1C1CCOC1. The molecule has 3 atom stereocenters. The van der Waals surface area contributed by atoms with Gasteiger partial charge in [-0.15, -0.1) is 0 Å². The first-order chi connectivity index (χ1) is 16.5. The van der Waals surface area contributed by atoms with Crippen LogP contribution < -0.4 is 10.2 Å². The Morgan fingerprint density at radius 3 is 2.82 bits per heavy atom. The van der Waals surface area contributed by atoms with E-state index in [0.717, 1.165) is 48.1 Å². The number of piperidine rings is 1. The second-order valence-corrected chi connectivity index (χ2v) is 9.05. The number of nitrogens with one attached hydrogen (secondary N) is 1. The lowest BCUT2D eigenvalue weighted by molar-refractivity contribution is 0.0475. The topological polar surface area (TPSA) is 96.8 Å². The zero-order chi connectivity index (χ0) is 23.7. The zero-order valence-electron chi connectivity index (χ0n) is 19.5. The number of hydrogen-bond acceptors (Lipinski definition) is 7. The molecule has 0 bridgehead atoms. The predicted octanol–water partition coefficient (Wildman–Crippen LogP) is 4.04. The van der Waals surface area contributed by atoms with Crippen LogP contribution in [0.3, 0.4) is 0 Å². The van der Waals surface area contributed by atoms with Gasteiger partial charge < -0.3 is 24.8 Å². The van der Waals surface area contributed by atoms with E-state index in [2.05, 4.69) is 22.3 Å². The van der Waals surface area contributed by atoms with Crippen LogP contribution >= 0.6 is 0 Å². The summed E-state index contributed by atoms with van der Waals surface area (Å²) < 4.78 is 11.6. The molecular weight excluding hydrogens is 432 g/mol. The molecule has 2 aliphatic heterocycles. The summed E-state index contributed by atoms with van der Waals surface area (Å²) in [7, 11) is 1.58. The Morgan fingerprint density at radius 1 is 1.21 bits per heavy atom. The Morgan fingerprint density at radius 2 is 2.06 bits per heavy atom. The van der Waals surface area contributed by atoms with Crippen molar-refractivity contribution >= 4 is 22.8 Å². The van der Waals surface area contributed by atoms with E-state index in [1.54, 1.807) is 19.2 Å². The van der Waals surface area contributed by atoms with Gasteiger partial charge in [-0.2, -0.15) is 0 Å². The van der Waals surface area contributed by atoms with Gasteiger partial charge in [-0.1, -0.05) is 18.2 Å². The van der Waals surface area contributed by atoms with Crippen LogP contribution in [0.15, 0.2) is 42.5 Å². The van der Waals surface area contributed by atoms with Gasteiger partial charge in [-0.05, 0) is 56.0 Å². The fourth-order valence-corrected chi connectivity index (χ4v) is 5.16. The molecule has 8 nitrogen and oxygen atoms in total. The Bertz CT molecular complexity index is 1190. The van der Waals surface area contributed by atoms with Crippen molar-refractivity contribution in [1.82, 2.24) is 15.3 Å². The van der Waals surface area contributed by atoms with E-state index in [1.807, 2.05) is 25.1 Å². The molecule has 2 fully saturated rings. The van der Waals surface area contributed by atoms with E-state index in [0.29, 0.717) is 24.6 Å². The highest BCUT2D eigenvalue weighted by Crippen LogP contribution is 2.38. The van der Waals surface area contributed by atoms with Gasteiger partial charge in [0.05, 0.1) is 23.7 Å². The molecule has 1 unspecified atom stereocenters. The second kappa shape index (κ2) is 9.46. The van der Waals surface area contributed by atoms with E-state index in [9.17, 15) is 9.90 Å². The number of ether oxygens (including phenoxy) is 2. The van der Waals surface area contributed by atoms with E-state index in [-0.39, 0.29) is 23.8 Å². The molecule has 3 aromatic rings. The highest BCUT2D eigenvalue weighted by atomic mass is 16.6. The van der Waals surface area contributed by atoms with Gasteiger partial charge in [0.25, 0.3) is 0 Å². The number of anilines is 1. The number of alkyl carbamates (subject to hydrolysis) is 1. The smallest absolute Gasteiger partial charge is 0.407 e. The number of carbonyl (C=O) groups is 1. The fourth-order valence-electron chi connectivity index (χ4n) is 5.16. The molecule has 8 heteroatoms. The molecule has 34 heavy (non-hydrogen) atoms. The Kier molecular flexibility index (Phi) is 6.24. The lowest BCUT2D eigenvalue weighted by atomic mass is 9.87. The number of phenolic OH excluding ortho intramolecular Hbond substituents is 1. The number of amides is 1. The van der Waals surface area contributed by atoms with Crippen LogP contribution in [-0.2, 0) is 9.47 Å². The van der Waals surface area contributed by atoms with Crippen LogP contribution in [-0.4, -0.2) is 60.1 Å². The summed E-state index contributed by atoms with van der Waals surface area (Å²) in [5.41, 5.74) is 2.50. The average molecular weight is 463 g/mol. The molecule has 0 spiro atoms. The number of aromatic hydroxyl groups is 1. The molecule has 3 heterocycles. The van der Waals surface area contributed by atoms with Gasteiger partial charge in [-0.3, -0.25) is 0 Å². The molecule has 2 aliphatic rings. The molecule has 0 saturated carbocycles. The van der Waals surface area contributed by atoms with Crippen molar-refractivity contribution in [3.05, 3.63) is 48.0 Å². The first-order valence-corrected chi connectivity index (χ1v) is 11.8. The van der Waals surface area contributed by atoms with E-state index in [4.69, 9.17) is 19.4 Å². The minimum atomic E-state index is -0.422. The maximum atomic E-state index is 12.2. The summed E-state index contributed by atoms with van der Waals surface area (Å²) in [5, 5.41) is 14.0. The van der Waals surface area contributed by atoms with Crippen molar-refractivity contribution in [1.29, 1.82) is 0 Å². The summed E-state index contributed by atoms with van der Waals surface area (Å²) in [6.07, 6.45) is 1.87. The number of aryl methyl sites for hydroxylation is 1. The van der Waals surface area contributed by atoms with Crippen LogP contribution in [0.1, 0.15) is 24.8 Å². The molecule has 1 aromatic heterocycles. The number of rotatable bonds is 4. The van der Waals surface area contributed by atoms with Gasteiger partial charge in [-0.25, -0.2) is 14.8 Å². The Balaban J connectivity index is 1.66. The van der Waals surface area contributed by atoms with Gasteiger partial charge in [0.15, 0.2) is 5.82 Å². The summed E-state index contributed by atoms with van der Waals surface area (Å²) in [5.74, 6) is 1.63. The largest absolute Gasteiger partial charge is 0.507 e. The highest BCUT2D eigenvalue weighted by Gasteiger charge is 2.42. The maximum Gasteiger partial charge on any atom is 0.407 e. The molecule has 5 rings (SSSR count). The van der Waals surface area contributed by atoms with Crippen molar-refractivity contribution < 1.29 is 19.4 Å². The lowest BCUT2D eigenvalue weighted by Gasteiger charge is -2.44. The van der Waals surface area contributed by atoms with Crippen LogP contribution in [0.25, 0.3) is 22.3 Å². The zero-order valence-corrected chi connectivity index (χ0v) is 19.5. The second-order valence-electron chi connectivity index (χ2n) is 9.05. The average Bonchev–Trinajstić information content (AvgIpc) is 3.38. The lowest BCUT2D eigenvalue weighted by Crippen LogP contribution is -2.55. The van der Waals surface area contributed by atoms with E-state index < -0.39 is 6.09 Å². The molecule has 2 aromatic carbocycles. The van der Waals surface area contributed by atoms with Crippen LogP contribution in [0.5, 0.6) is 5.75 Å². The molecular formula is C26H30N4O4. The summed E-state index contributed by atoms with van der Waals surface area (Å²) in [6.45, 7) is 4.15. The van der Waals surface area contributed by atoms with Crippen LogP contribution in [0.4, 0.5) is 10.6 Å². The maximum absolute atomic E-state index is 12.2. The normalized spacial score (nSPS) is 22.6. The Labute approximate surface area is 198 Å². The Hall–Kier alpha value is -3.39. The van der Waals surface area contributed by atoms with Crippen molar-refractivity contribution in [2.75, 3.05) is 31.7 Å². The number of benzene rings is 2. The van der Waals surface area contributed by atoms with E-state index >= 15 is 0 Å². The molecule has 2 saturated heterocycles. The standard InChI is InChI=1S/C26H30N4O4/c1-16-9-10-18-20(14-16)28-24(19-6-3-4-7-21(19)31)29-25(18)30-12-5-8-22(34-26(32)27-2)23(30)17-11-13-33-15-17/h3-4,6-7,9-10,14,17,22-23,31H,5,8,11-13,15H2,1-2H3,(H,27,32)/t17?,22-,23+/m1/s1. The third kappa shape index (κ3) is 4.25. The minimum absolute atomic E-state index is 0.0647. The number of carbonyl (C=O) groups excluding carboxylic acids is 1. The molecule has 178 valence electrons. The monoisotopic (exact) mass is 462 g/mol. The van der Waals surface area contributed by atoms with Crippen molar-refractivity contribution in [3.63, 3.8) is 0 Å². The third-order valence-electron chi connectivity index (χ3n) is 6.79. The van der Waals surface area contributed by atoms with Crippen LogP contribution in [0.2, 0.25) is 0 Å². The van der Waals surface area contributed by atoms with E-state index in [1.165, 1.54) is 0 Å². The van der Waals surface area contributed by atoms with Gasteiger partial charge >= 0.3 is 6.09 Å². The number of phenols is 1. The number of nitrogens with zero attached hydrogens (tertiary/aromatic N) is 3. The molecule has 0 radical (unpaired) electrons. The summed E-state index contributed by atoms with van der Waals surface area (Å²) >= 11 is 0. The van der Waals surface area contributed by atoms with Gasteiger partial charge in [0.2, 0.25) is 0 Å². The highest BCUT2D eigenvalue weighted by molar-refractivity contribution is 5.92. The van der Waals surface area contributed by atoms with Crippen molar-refractivity contribution in [2.24, 2.45) is 5.92 Å². The number of hydrogen-bond donors (Lipinski definition) is 2. The van der Waals surface area contributed by atoms with Crippen molar-refractivity contribution in [3.8, 4) is 17.1 Å². The number of para-hydroxylation sites is 1. The number of fused-ring (bicyclic) bond motifs is 1. The minimum Gasteiger partial charge on any atom is -0.507 e. The first-order valence-electron chi connectivity index (χ1n) is 11.8. The third-order valence-corrected chi connectivity index (χ3v) is 6.79. The van der Waals surface area contributed by atoms with Crippen LogP contribution in [0, 0.1) is 12.8 Å². The number of aromatic nitrogens is 2. The molecule has 1 amide bonds. The quantitative estimate of drug-likeness (QED) is 0.604. The molecule has 2 N–H and O–H groups in total. The fraction of sp³-hybridized carbons (Fsp3) is 0.423. The summed E-state index contributed by atoms with van der Waals surface area (Å²) in [6, 6.07) is 13.2. The molecule has 0 aliphatic carbocycles. The first kappa shape index (κ1) is 22.4. The van der Waals surface area contributed by atoms with Gasteiger partial charge in [0.1, 0.15) is 17.7 Å². The van der Waals surface area contributed by atoms with Gasteiger partial charge in [0, 0.05) is 31.5 Å².